The van der Waals surface area contributed by atoms with Crippen molar-refractivity contribution in [2.45, 2.75) is 27.2 Å². The molecule has 0 aliphatic rings. The Kier molecular flexibility index (Phi) is 3.10. The van der Waals surface area contributed by atoms with Crippen LogP contribution in [0.15, 0.2) is 16.7 Å². The zero-order valence-electron chi connectivity index (χ0n) is 10.2. The van der Waals surface area contributed by atoms with Gasteiger partial charge < -0.3 is 9.84 Å². The van der Waals surface area contributed by atoms with E-state index in [1.807, 2.05) is 19.9 Å². The number of aromatic nitrogens is 2. The lowest BCUT2D eigenvalue weighted by atomic mass is 10.1. The molecule has 0 radical (unpaired) electrons. The van der Waals surface area contributed by atoms with Crippen LogP contribution in [0.3, 0.4) is 0 Å². The van der Waals surface area contributed by atoms with Gasteiger partial charge in [0.1, 0.15) is 11.6 Å². The lowest BCUT2D eigenvalue weighted by Crippen LogP contribution is -2.13. The Labute approximate surface area is 100 Å². The summed E-state index contributed by atoms with van der Waals surface area (Å²) in [6.45, 7) is 5.90. The van der Waals surface area contributed by atoms with E-state index in [4.69, 9.17) is 10.3 Å². The van der Waals surface area contributed by atoms with E-state index in [0.29, 0.717) is 11.6 Å². The highest BCUT2D eigenvalue weighted by molar-refractivity contribution is 5.61. The molecule has 3 N–H and O–H groups in total. The van der Waals surface area contributed by atoms with Crippen molar-refractivity contribution in [2.75, 3.05) is 5.43 Å². The van der Waals surface area contributed by atoms with Gasteiger partial charge in [0.25, 0.3) is 0 Å². The molecule has 0 spiro atoms. The lowest BCUT2D eigenvalue weighted by Gasteiger charge is -2.10. The minimum atomic E-state index is 0.645. The van der Waals surface area contributed by atoms with Crippen molar-refractivity contribution in [3.63, 3.8) is 0 Å². The van der Waals surface area contributed by atoms with Crippen LogP contribution in [-0.2, 0) is 6.42 Å². The summed E-state index contributed by atoms with van der Waals surface area (Å²) in [5.74, 6) is 7.58. The Morgan fingerprint density at radius 1 is 1.35 bits per heavy atom. The first-order valence-electron chi connectivity index (χ1n) is 5.56. The summed E-state index contributed by atoms with van der Waals surface area (Å²) in [4.78, 5) is 8.93. The third-order valence-electron chi connectivity index (χ3n) is 2.82. The van der Waals surface area contributed by atoms with E-state index in [0.717, 1.165) is 29.0 Å². The average Bonchev–Trinajstić information content (AvgIpc) is 2.76. The Hall–Kier alpha value is -1.88. The third-order valence-corrected chi connectivity index (χ3v) is 2.82. The molecular formula is C12H16N4O. The molecule has 2 aromatic rings. The molecule has 0 atom stereocenters. The highest BCUT2D eigenvalue weighted by atomic mass is 16.3. The van der Waals surface area contributed by atoms with Gasteiger partial charge in [0.15, 0.2) is 5.82 Å². The van der Waals surface area contributed by atoms with E-state index in [-0.39, 0.29) is 0 Å². The first-order chi connectivity index (χ1) is 8.17. The maximum absolute atomic E-state index is 5.47. The molecule has 0 saturated carbocycles. The number of nitrogens with one attached hydrogen (secondary N) is 1. The molecule has 0 saturated heterocycles. The maximum Gasteiger partial charge on any atom is 0.165 e. The highest BCUT2D eigenvalue weighted by Crippen LogP contribution is 2.24. The smallest absolute Gasteiger partial charge is 0.165 e. The number of nitrogens with two attached hydrogens (primary N) is 1. The molecule has 0 amide bonds. The van der Waals surface area contributed by atoms with Gasteiger partial charge in [-0.1, -0.05) is 6.92 Å². The Morgan fingerprint density at radius 3 is 2.65 bits per heavy atom. The summed E-state index contributed by atoms with van der Waals surface area (Å²) < 4.78 is 5.26. The molecule has 2 heterocycles. The molecule has 5 heteroatoms. The fraction of sp³-hybridized carbons (Fsp3) is 0.333. The number of aryl methyl sites for hydroxylation is 2. The standard InChI is InChI=1S/C12H16N4O/c1-4-10-7(2)11(16-13)15-12(14-10)9-5-6-17-8(9)3/h5-6H,4,13H2,1-3H3,(H,14,15,16). The first-order valence-corrected chi connectivity index (χ1v) is 5.56. The first kappa shape index (κ1) is 11.6. The molecule has 0 aliphatic carbocycles. The predicted molar refractivity (Wildman–Crippen MR) is 66.4 cm³/mol. The largest absolute Gasteiger partial charge is 0.469 e. The van der Waals surface area contributed by atoms with E-state index in [1.165, 1.54) is 0 Å². The number of nitrogen functional groups attached to an aromatic ring is 1. The predicted octanol–water partition coefficient (Wildman–Crippen LogP) is 2.20. The Balaban J connectivity index is 2.60. The van der Waals surface area contributed by atoms with E-state index in [1.54, 1.807) is 6.26 Å². The van der Waals surface area contributed by atoms with Crippen molar-refractivity contribution in [1.29, 1.82) is 0 Å². The van der Waals surface area contributed by atoms with Crippen LogP contribution < -0.4 is 11.3 Å². The monoisotopic (exact) mass is 232 g/mol. The molecule has 90 valence electrons. The number of hydrogen-bond donors (Lipinski definition) is 2. The van der Waals surface area contributed by atoms with Gasteiger partial charge >= 0.3 is 0 Å². The fourth-order valence-corrected chi connectivity index (χ4v) is 1.79. The van der Waals surface area contributed by atoms with E-state index < -0.39 is 0 Å². The molecule has 0 bridgehead atoms. The normalized spacial score (nSPS) is 10.6. The minimum absolute atomic E-state index is 0.645. The van der Waals surface area contributed by atoms with Crippen LogP contribution in [0.4, 0.5) is 5.82 Å². The lowest BCUT2D eigenvalue weighted by molar-refractivity contribution is 0.535. The molecule has 0 fully saturated rings. The number of furan rings is 1. The summed E-state index contributed by atoms with van der Waals surface area (Å²) >= 11 is 0. The summed E-state index contributed by atoms with van der Waals surface area (Å²) in [5, 5.41) is 0. The van der Waals surface area contributed by atoms with Gasteiger partial charge in [-0.25, -0.2) is 15.8 Å². The molecule has 2 aromatic heterocycles. The summed E-state index contributed by atoms with van der Waals surface area (Å²) in [6, 6.07) is 1.86. The molecular weight excluding hydrogens is 216 g/mol. The quantitative estimate of drug-likeness (QED) is 0.626. The van der Waals surface area contributed by atoms with Crippen molar-refractivity contribution in [3.8, 4) is 11.4 Å². The summed E-state index contributed by atoms with van der Waals surface area (Å²) in [7, 11) is 0. The van der Waals surface area contributed by atoms with Crippen molar-refractivity contribution in [2.24, 2.45) is 5.84 Å². The topological polar surface area (TPSA) is 77.0 Å². The van der Waals surface area contributed by atoms with Gasteiger partial charge in [-0.2, -0.15) is 0 Å². The molecule has 5 nitrogen and oxygen atoms in total. The van der Waals surface area contributed by atoms with Crippen LogP contribution in [0.5, 0.6) is 0 Å². The van der Waals surface area contributed by atoms with Crippen molar-refractivity contribution in [1.82, 2.24) is 9.97 Å². The molecule has 0 aliphatic heterocycles. The maximum atomic E-state index is 5.47. The van der Waals surface area contributed by atoms with Gasteiger partial charge in [0.05, 0.1) is 11.8 Å². The van der Waals surface area contributed by atoms with E-state index in [9.17, 15) is 0 Å². The number of anilines is 1. The van der Waals surface area contributed by atoms with Gasteiger partial charge in [0, 0.05) is 11.3 Å². The molecule has 0 unspecified atom stereocenters. The molecule has 0 aromatic carbocycles. The van der Waals surface area contributed by atoms with E-state index in [2.05, 4.69) is 22.3 Å². The number of hydrogen-bond acceptors (Lipinski definition) is 5. The van der Waals surface area contributed by atoms with Crippen LogP contribution in [0.2, 0.25) is 0 Å². The van der Waals surface area contributed by atoms with Crippen LogP contribution in [-0.4, -0.2) is 9.97 Å². The zero-order valence-corrected chi connectivity index (χ0v) is 10.2. The van der Waals surface area contributed by atoms with E-state index >= 15 is 0 Å². The Morgan fingerprint density at radius 2 is 2.12 bits per heavy atom. The molecule has 17 heavy (non-hydrogen) atoms. The third kappa shape index (κ3) is 2.01. The minimum Gasteiger partial charge on any atom is -0.469 e. The van der Waals surface area contributed by atoms with Crippen LogP contribution in [0, 0.1) is 13.8 Å². The number of hydrazine groups is 1. The second kappa shape index (κ2) is 4.55. The van der Waals surface area contributed by atoms with Crippen LogP contribution in [0.1, 0.15) is 23.9 Å². The second-order valence-corrected chi connectivity index (χ2v) is 3.86. The van der Waals surface area contributed by atoms with Gasteiger partial charge in [-0.3, -0.25) is 0 Å². The van der Waals surface area contributed by atoms with Gasteiger partial charge in [-0.05, 0) is 26.3 Å². The zero-order chi connectivity index (χ0) is 12.4. The summed E-state index contributed by atoms with van der Waals surface area (Å²) in [5.41, 5.74) is 5.48. The van der Waals surface area contributed by atoms with Crippen molar-refractivity contribution < 1.29 is 4.42 Å². The second-order valence-electron chi connectivity index (χ2n) is 3.86. The highest BCUT2D eigenvalue weighted by Gasteiger charge is 2.13. The van der Waals surface area contributed by atoms with Crippen LogP contribution in [0.25, 0.3) is 11.4 Å². The van der Waals surface area contributed by atoms with Gasteiger partial charge in [0.2, 0.25) is 0 Å². The fourth-order valence-electron chi connectivity index (χ4n) is 1.79. The number of nitrogens with zero attached hydrogens (tertiary/aromatic N) is 2. The molecule has 2 rings (SSSR count). The average molecular weight is 232 g/mol. The van der Waals surface area contributed by atoms with Gasteiger partial charge in [-0.15, -0.1) is 0 Å². The van der Waals surface area contributed by atoms with Crippen molar-refractivity contribution >= 4 is 5.82 Å². The Bertz CT molecular complexity index is 508. The SMILES string of the molecule is CCc1nc(-c2ccoc2C)nc(NN)c1C. The van der Waals surface area contributed by atoms with Crippen molar-refractivity contribution in [3.05, 3.63) is 29.3 Å². The number of rotatable bonds is 3. The van der Waals surface area contributed by atoms with Crippen LogP contribution >= 0.6 is 0 Å². The summed E-state index contributed by atoms with van der Waals surface area (Å²) in [6.07, 6.45) is 2.47.